The average Bonchev–Trinajstić information content (AvgIpc) is 2.50. The summed E-state index contributed by atoms with van der Waals surface area (Å²) in [6, 6.07) is 0. The van der Waals surface area contributed by atoms with E-state index >= 15 is 0 Å². The summed E-state index contributed by atoms with van der Waals surface area (Å²) in [7, 11) is 0. The van der Waals surface area contributed by atoms with Gasteiger partial charge in [0.15, 0.2) is 0 Å². The highest BCUT2D eigenvalue weighted by molar-refractivity contribution is 5.77. The van der Waals surface area contributed by atoms with E-state index in [2.05, 4.69) is 4.74 Å². The van der Waals surface area contributed by atoms with Crippen LogP contribution in [0, 0.1) is 5.92 Å². The van der Waals surface area contributed by atoms with E-state index in [1.165, 1.54) is 11.8 Å². The molecule has 1 aliphatic rings. The van der Waals surface area contributed by atoms with Gasteiger partial charge < -0.3 is 20.5 Å². The Hall–Kier alpha value is -1.30. The van der Waals surface area contributed by atoms with E-state index in [-0.39, 0.29) is 6.54 Å². The van der Waals surface area contributed by atoms with E-state index in [1.54, 1.807) is 0 Å². The van der Waals surface area contributed by atoms with Gasteiger partial charge in [-0.15, -0.1) is 0 Å². The van der Waals surface area contributed by atoms with Gasteiger partial charge in [-0.2, -0.15) is 0 Å². The Bertz CT molecular complexity index is 243. The number of amides is 2. The fourth-order valence-electron chi connectivity index (χ4n) is 1.17. The molecule has 6 nitrogen and oxygen atoms in total. The topological polar surface area (TPSA) is 92.9 Å². The first-order valence-electron chi connectivity index (χ1n) is 4.41. The second-order valence-corrected chi connectivity index (χ2v) is 3.32. The van der Waals surface area contributed by atoms with Gasteiger partial charge in [0.2, 0.25) is 5.91 Å². The molecule has 0 aliphatic carbocycles. The Morgan fingerprint density at radius 3 is 2.86 bits per heavy atom. The highest BCUT2D eigenvalue weighted by atomic mass is 16.6. The Morgan fingerprint density at radius 1 is 1.79 bits per heavy atom. The monoisotopic (exact) mass is 202 g/mol. The molecule has 1 aliphatic heterocycles. The average molecular weight is 202 g/mol. The minimum Gasteiger partial charge on any atom is -0.448 e. The highest BCUT2D eigenvalue weighted by Crippen LogP contribution is 2.09. The largest absolute Gasteiger partial charge is 0.448 e. The zero-order valence-electron chi connectivity index (χ0n) is 7.97. The molecule has 0 saturated carbocycles. The number of aliphatic hydroxyl groups is 1. The Labute approximate surface area is 81.6 Å². The molecule has 0 radical (unpaired) electrons. The molecule has 1 fully saturated rings. The van der Waals surface area contributed by atoms with Gasteiger partial charge in [0.05, 0.1) is 25.1 Å². The number of primary amides is 1. The molecule has 6 heteroatoms. The van der Waals surface area contributed by atoms with E-state index in [0.29, 0.717) is 13.2 Å². The van der Waals surface area contributed by atoms with Gasteiger partial charge in [-0.1, -0.05) is 6.92 Å². The van der Waals surface area contributed by atoms with Gasteiger partial charge in [-0.05, 0) is 0 Å². The van der Waals surface area contributed by atoms with Crippen molar-refractivity contribution in [1.82, 2.24) is 4.90 Å². The number of hydrogen-bond donors (Lipinski definition) is 2. The normalized spacial score (nSPS) is 20.4. The predicted molar refractivity (Wildman–Crippen MR) is 47.3 cm³/mol. The van der Waals surface area contributed by atoms with Crippen LogP contribution in [-0.4, -0.2) is 47.8 Å². The Morgan fingerprint density at radius 2 is 2.43 bits per heavy atom. The maximum Gasteiger partial charge on any atom is 0.410 e. The fourth-order valence-corrected chi connectivity index (χ4v) is 1.17. The molecule has 1 saturated heterocycles. The first-order chi connectivity index (χ1) is 6.52. The van der Waals surface area contributed by atoms with Crippen LogP contribution in [0.15, 0.2) is 0 Å². The first kappa shape index (κ1) is 10.8. The molecule has 0 spiro atoms. The van der Waals surface area contributed by atoms with E-state index < -0.39 is 24.0 Å². The van der Waals surface area contributed by atoms with Crippen LogP contribution in [-0.2, 0) is 9.53 Å². The first-order valence-corrected chi connectivity index (χ1v) is 4.41. The number of ether oxygens (including phenoxy) is 1. The summed E-state index contributed by atoms with van der Waals surface area (Å²) in [4.78, 5) is 23.1. The minimum atomic E-state index is -0.932. The molecule has 80 valence electrons. The summed E-state index contributed by atoms with van der Waals surface area (Å²) in [5, 5.41) is 9.52. The van der Waals surface area contributed by atoms with Gasteiger partial charge in [0.25, 0.3) is 0 Å². The lowest BCUT2D eigenvalue weighted by molar-refractivity contribution is -0.124. The van der Waals surface area contributed by atoms with E-state index in [1.807, 2.05) is 0 Å². The molecule has 2 atom stereocenters. The maximum absolute atomic E-state index is 11.0. The fraction of sp³-hybridized carbons (Fsp3) is 0.750. The summed E-state index contributed by atoms with van der Waals surface area (Å²) in [5.41, 5.74) is 5.01. The van der Waals surface area contributed by atoms with Crippen LogP contribution >= 0.6 is 0 Å². The van der Waals surface area contributed by atoms with Gasteiger partial charge in [0.1, 0.15) is 6.61 Å². The molecule has 1 rings (SSSR count). The molecule has 0 aromatic rings. The van der Waals surface area contributed by atoms with Crippen LogP contribution < -0.4 is 5.73 Å². The van der Waals surface area contributed by atoms with Crippen molar-refractivity contribution in [3.63, 3.8) is 0 Å². The van der Waals surface area contributed by atoms with Crippen molar-refractivity contribution >= 4 is 12.0 Å². The van der Waals surface area contributed by atoms with Crippen molar-refractivity contribution in [2.24, 2.45) is 11.7 Å². The summed E-state index contributed by atoms with van der Waals surface area (Å²) in [5.74, 6) is -1.24. The van der Waals surface area contributed by atoms with Crippen molar-refractivity contribution < 1.29 is 19.4 Å². The van der Waals surface area contributed by atoms with Crippen molar-refractivity contribution in [1.29, 1.82) is 0 Å². The molecular weight excluding hydrogens is 188 g/mol. The number of aliphatic hydroxyl groups excluding tert-OH is 1. The van der Waals surface area contributed by atoms with Gasteiger partial charge in [-0.3, -0.25) is 4.79 Å². The lowest BCUT2D eigenvalue weighted by Gasteiger charge is -2.20. The van der Waals surface area contributed by atoms with E-state index in [0.717, 1.165) is 0 Å². The van der Waals surface area contributed by atoms with Crippen molar-refractivity contribution in [2.45, 2.75) is 13.0 Å². The highest BCUT2D eigenvalue weighted by Gasteiger charge is 2.28. The standard InChI is InChI=1S/C8H14N2O4/c1-5(7(9)12)6(11)4-10-2-3-14-8(10)13/h5-6,11H,2-4H2,1H3,(H2,9,12)/t5-,6-/m0/s1. The van der Waals surface area contributed by atoms with Crippen LogP contribution in [0.3, 0.4) is 0 Å². The Kier molecular flexibility index (Phi) is 3.29. The predicted octanol–water partition coefficient (Wildman–Crippen LogP) is -1.08. The van der Waals surface area contributed by atoms with Crippen LogP contribution in [0.25, 0.3) is 0 Å². The number of nitrogens with two attached hydrogens (primary N) is 1. The molecule has 14 heavy (non-hydrogen) atoms. The molecule has 3 N–H and O–H groups in total. The molecular formula is C8H14N2O4. The molecule has 0 aromatic heterocycles. The van der Waals surface area contributed by atoms with Crippen LogP contribution in [0.5, 0.6) is 0 Å². The molecule has 0 unspecified atom stereocenters. The van der Waals surface area contributed by atoms with E-state index in [4.69, 9.17) is 5.73 Å². The minimum absolute atomic E-state index is 0.0862. The summed E-state index contributed by atoms with van der Waals surface area (Å²) in [6.45, 7) is 2.38. The number of hydrogen-bond acceptors (Lipinski definition) is 4. The quantitative estimate of drug-likeness (QED) is 0.606. The third-order valence-electron chi connectivity index (χ3n) is 2.28. The maximum atomic E-state index is 11.0. The molecule has 1 heterocycles. The van der Waals surface area contributed by atoms with Crippen LogP contribution in [0.2, 0.25) is 0 Å². The van der Waals surface area contributed by atoms with Crippen molar-refractivity contribution in [3.05, 3.63) is 0 Å². The SMILES string of the molecule is C[C@H](C(N)=O)[C@@H](O)CN1CCOC1=O. The lowest BCUT2D eigenvalue weighted by Crippen LogP contribution is -2.40. The lowest BCUT2D eigenvalue weighted by atomic mass is 10.0. The second-order valence-electron chi connectivity index (χ2n) is 3.32. The smallest absolute Gasteiger partial charge is 0.410 e. The number of cyclic esters (lactones) is 1. The Balaban J connectivity index is 2.43. The van der Waals surface area contributed by atoms with Crippen LogP contribution in [0.1, 0.15) is 6.92 Å². The summed E-state index contributed by atoms with van der Waals surface area (Å²) in [6.07, 6.45) is -1.39. The number of carbonyl (C=O) groups excluding carboxylic acids is 2. The second kappa shape index (κ2) is 4.28. The number of β-amino-alcohol motifs (C(OH)–C–C–N with tert-alkyl or cyclic N) is 1. The zero-order valence-corrected chi connectivity index (χ0v) is 7.97. The number of rotatable bonds is 4. The number of nitrogens with zero attached hydrogens (tertiary/aromatic N) is 1. The van der Waals surface area contributed by atoms with Gasteiger partial charge in [-0.25, -0.2) is 4.79 Å². The molecule has 0 aromatic carbocycles. The third-order valence-corrected chi connectivity index (χ3v) is 2.28. The van der Waals surface area contributed by atoms with Crippen molar-refractivity contribution in [3.8, 4) is 0 Å². The third kappa shape index (κ3) is 2.35. The van der Waals surface area contributed by atoms with Crippen LogP contribution in [0.4, 0.5) is 4.79 Å². The zero-order chi connectivity index (χ0) is 10.7. The van der Waals surface area contributed by atoms with Gasteiger partial charge >= 0.3 is 6.09 Å². The van der Waals surface area contributed by atoms with Gasteiger partial charge in [0, 0.05) is 0 Å². The molecule has 0 bridgehead atoms. The van der Waals surface area contributed by atoms with E-state index in [9.17, 15) is 14.7 Å². The summed E-state index contributed by atoms with van der Waals surface area (Å²) < 4.78 is 4.67. The van der Waals surface area contributed by atoms with Crippen molar-refractivity contribution in [2.75, 3.05) is 19.7 Å². The molecule has 2 amide bonds. The number of carbonyl (C=O) groups is 2. The summed E-state index contributed by atoms with van der Waals surface area (Å²) >= 11 is 0.